The van der Waals surface area contributed by atoms with E-state index >= 15 is 0 Å². The first kappa shape index (κ1) is 14.1. The molecule has 0 amide bonds. The molecule has 0 spiro atoms. The van der Waals surface area contributed by atoms with Crippen LogP contribution in [0.25, 0.3) is 11.1 Å². The van der Waals surface area contributed by atoms with E-state index in [9.17, 15) is 0 Å². The molecular formula is C22H21N. The fourth-order valence-corrected chi connectivity index (χ4v) is 3.43. The van der Waals surface area contributed by atoms with E-state index in [0.717, 1.165) is 6.42 Å². The van der Waals surface area contributed by atoms with Gasteiger partial charge in [0.15, 0.2) is 0 Å². The molecule has 0 unspecified atom stereocenters. The van der Waals surface area contributed by atoms with Crippen molar-refractivity contribution in [3.63, 3.8) is 0 Å². The summed E-state index contributed by atoms with van der Waals surface area (Å²) in [6, 6.07) is 22.3. The molecule has 0 bridgehead atoms. The van der Waals surface area contributed by atoms with Crippen molar-refractivity contribution in [1.29, 1.82) is 0 Å². The molecule has 1 nitrogen and oxygen atoms in total. The monoisotopic (exact) mass is 299 g/mol. The number of fused-ring (bicyclic) bond motifs is 3. The lowest BCUT2D eigenvalue weighted by molar-refractivity contribution is 1.19. The Morgan fingerprint density at radius 3 is 2.13 bits per heavy atom. The number of hydrogen-bond donors (Lipinski definition) is 0. The van der Waals surface area contributed by atoms with Gasteiger partial charge in [0, 0.05) is 18.4 Å². The van der Waals surface area contributed by atoms with Crippen LogP contribution in [-0.2, 0) is 6.42 Å². The molecule has 0 heterocycles. The van der Waals surface area contributed by atoms with Crippen molar-refractivity contribution >= 4 is 11.4 Å². The van der Waals surface area contributed by atoms with Crippen LogP contribution in [0.2, 0.25) is 0 Å². The predicted octanol–water partition coefficient (Wildman–Crippen LogP) is 5.64. The van der Waals surface area contributed by atoms with E-state index in [1.807, 2.05) is 0 Å². The van der Waals surface area contributed by atoms with Gasteiger partial charge in [-0.3, -0.25) is 0 Å². The van der Waals surface area contributed by atoms with Crippen molar-refractivity contribution in [2.24, 2.45) is 0 Å². The summed E-state index contributed by atoms with van der Waals surface area (Å²) >= 11 is 0. The van der Waals surface area contributed by atoms with Gasteiger partial charge in [0.2, 0.25) is 0 Å². The first-order chi connectivity index (χ1) is 11.1. The molecule has 0 saturated heterocycles. The van der Waals surface area contributed by atoms with Crippen molar-refractivity contribution < 1.29 is 0 Å². The Hall–Kier alpha value is -2.54. The highest BCUT2D eigenvalue weighted by Crippen LogP contribution is 2.39. The minimum atomic E-state index is 1.06. The summed E-state index contributed by atoms with van der Waals surface area (Å²) in [5, 5.41) is 0. The fraction of sp³-hybridized carbons (Fsp3) is 0.182. The van der Waals surface area contributed by atoms with Gasteiger partial charge in [0.25, 0.3) is 0 Å². The van der Waals surface area contributed by atoms with Gasteiger partial charge in [-0.1, -0.05) is 47.5 Å². The molecule has 1 aliphatic rings. The van der Waals surface area contributed by atoms with Gasteiger partial charge in [-0.15, -0.1) is 0 Å². The number of benzene rings is 3. The summed E-state index contributed by atoms with van der Waals surface area (Å²) in [5.74, 6) is 0. The summed E-state index contributed by atoms with van der Waals surface area (Å²) in [7, 11) is 2.14. The second kappa shape index (κ2) is 5.27. The lowest BCUT2D eigenvalue weighted by atomic mass is 10.0. The number of rotatable bonds is 2. The molecule has 0 aromatic heterocycles. The Bertz CT molecular complexity index is 875. The summed E-state index contributed by atoms with van der Waals surface area (Å²) in [4.78, 5) is 2.26. The molecule has 3 aromatic carbocycles. The molecule has 114 valence electrons. The smallest absolute Gasteiger partial charge is 0.0414 e. The highest BCUT2D eigenvalue weighted by Gasteiger charge is 2.19. The molecule has 1 heteroatoms. The van der Waals surface area contributed by atoms with Gasteiger partial charge in [0.05, 0.1) is 0 Å². The van der Waals surface area contributed by atoms with E-state index in [-0.39, 0.29) is 0 Å². The van der Waals surface area contributed by atoms with Gasteiger partial charge in [-0.2, -0.15) is 0 Å². The number of nitrogens with zero attached hydrogens (tertiary/aromatic N) is 1. The maximum Gasteiger partial charge on any atom is 0.0414 e. The molecule has 0 radical (unpaired) electrons. The van der Waals surface area contributed by atoms with Crippen LogP contribution in [0.1, 0.15) is 22.3 Å². The zero-order valence-electron chi connectivity index (χ0n) is 13.9. The molecule has 0 aliphatic heterocycles. The maximum absolute atomic E-state index is 2.33. The molecule has 0 saturated carbocycles. The fourth-order valence-electron chi connectivity index (χ4n) is 3.43. The van der Waals surface area contributed by atoms with Crippen LogP contribution in [-0.4, -0.2) is 7.05 Å². The van der Waals surface area contributed by atoms with Crippen LogP contribution in [0.4, 0.5) is 11.4 Å². The first-order valence-electron chi connectivity index (χ1n) is 8.15. The van der Waals surface area contributed by atoms with E-state index in [4.69, 9.17) is 0 Å². The minimum absolute atomic E-state index is 1.06. The molecule has 1 aliphatic carbocycles. The number of hydrogen-bond acceptors (Lipinski definition) is 1. The third-order valence-corrected chi connectivity index (χ3v) is 4.83. The Labute approximate surface area is 138 Å². The topological polar surface area (TPSA) is 3.24 Å². The zero-order chi connectivity index (χ0) is 16.0. The molecule has 23 heavy (non-hydrogen) atoms. The van der Waals surface area contributed by atoms with Crippen molar-refractivity contribution in [2.75, 3.05) is 11.9 Å². The molecule has 3 aromatic rings. The average Bonchev–Trinajstić information content (AvgIpc) is 2.91. The summed E-state index contributed by atoms with van der Waals surface area (Å²) < 4.78 is 0. The van der Waals surface area contributed by atoms with Crippen molar-refractivity contribution in [3.8, 4) is 11.1 Å². The Kier molecular flexibility index (Phi) is 3.23. The zero-order valence-corrected chi connectivity index (χ0v) is 13.9. The molecule has 4 rings (SSSR count). The van der Waals surface area contributed by atoms with E-state index < -0.39 is 0 Å². The van der Waals surface area contributed by atoms with Crippen molar-refractivity contribution in [3.05, 3.63) is 82.9 Å². The summed E-state index contributed by atoms with van der Waals surface area (Å²) in [6.07, 6.45) is 1.06. The molecule has 0 fully saturated rings. The van der Waals surface area contributed by atoms with E-state index in [0.29, 0.717) is 0 Å². The van der Waals surface area contributed by atoms with Gasteiger partial charge < -0.3 is 4.90 Å². The molecular weight excluding hydrogens is 278 g/mol. The van der Waals surface area contributed by atoms with Gasteiger partial charge >= 0.3 is 0 Å². The van der Waals surface area contributed by atoms with Crippen molar-refractivity contribution in [2.45, 2.75) is 20.3 Å². The second-order valence-corrected chi connectivity index (χ2v) is 6.57. The normalized spacial score (nSPS) is 12.0. The van der Waals surface area contributed by atoms with E-state index in [1.54, 1.807) is 0 Å². The lowest BCUT2D eigenvalue weighted by Crippen LogP contribution is -2.09. The molecule has 0 atom stereocenters. The van der Waals surface area contributed by atoms with Gasteiger partial charge in [0.1, 0.15) is 0 Å². The van der Waals surface area contributed by atoms with Crippen molar-refractivity contribution in [1.82, 2.24) is 0 Å². The van der Waals surface area contributed by atoms with Crippen LogP contribution in [0, 0.1) is 13.8 Å². The quantitative estimate of drug-likeness (QED) is 0.463. The van der Waals surface area contributed by atoms with E-state index in [2.05, 4.69) is 86.5 Å². The number of aryl methyl sites for hydroxylation is 2. The van der Waals surface area contributed by atoms with Crippen LogP contribution < -0.4 is 4.90 Å². The Morgan fingerprint density at radius 1 is 0.652 bits per heavy atom. The Balaban J connectivity index is 1.74. The largest absolute Gasteiger partial charge is 0.345 e. The third kappa shape index (κ3) is 2.43. The SMILES string of the molecule is Cc1ccc(N(C)c2ccc3c(c2)-c2ccc(C)cc2C3)cc1. The van der Waals surface area contributed by atoms with Crippen LogP contribution >= 0.6 is 0 Å². The number of anilines is 2. The minimum Gasteiger partial charge on any atom is -0.345 e. The van der Waals surface area contributed by atoms with Crippen LogP contribution in [0.3, 0.4) is 0 Å². The van der Waals surface area contributed by atoms with Crippen LogP contribution in [0.15, 0.2) is 60.7 Å². The predicted molar refractivity (Wildman–Crippen MR) is 98.7 cm³/mol. The second-order valence-electron chi connectivity index (χ2n) is 6.57. The standard InChI is InChI=1S/C22H21N/c1-15-4-8-19(9-5-15)23(3)20-10-7-17-13-18-12-16(2)6-11-21(18)22(17)14-20/h4-12,14H,13H2,1-3H3. The Morgan fingerprint density at radius 2 is 1.35 bits per heavy atom. The van der Waals surface area contributed by atoms with Crippen LogP contribution in [0.5, 0.6) is 0 Å². The average molecular weight is 299 g/mol. The van der Waals surface area contributed by atoms with Gasteiger partial charge in [-0.05, 0) is 66.8 Å². The maximum atomic E-state index is 2.33. The highest BCUT2D eigenvalue weighted by atomic mass is 15.1. The lowest BCUT2D eigenvalue weighted by Gasteiger charge is -2.20. The third-order valence-electron chi connectivity index (χ3n) is 4.83. The summed E-state index contributed by atoms with van der Waals surface area (Å²) in [5.41, 5.74) is 10.8. The summed E-state index contributed by atoms with van der Waals surface area (Å²) in [6.45, 7) is 4.29. The molecule has 0 N–H and O–H groups in total. The van der Waals surface area contributed by atoms with Gasteiger partial charge in [-0.25, -0.2) is 0 Å². The first-order valence-corrected chi connectivity index (χ1v) is 8.15. The van der Waals surface area contributed by atoms with E-state index in [1.165, 1.54) is 44.8 Å². The highest BCUT2D eigenvalue weighted by molar-refractivity contribution is 5.81.